The van der Waals surface area contributed by atoms with E-state index < -0.39 is 15.9 Å². The number of para-hydroxylation sites is 2. The van der Waals surface area contributed by atoms with Gasteiger partial charge in [-0.25, -0.2) is 17.6 Å². The third-order valence-electron chi connectivity index (χ3n) is 7.09. The van der Waals surface area contributed by atoms with Crippen LogP contribution in [-0.4, -0.2) is 34.5 Å². The number of benzene rings is 3. The third kappa shape index (κ3) is 5.82. The first-order chi connectivity index (χ1) is 19.3. The Balaban J connectivity index is 1.65. The lowest BCUT2D eigenvalue weighted by atomic mass is 10.1. The first-order valence-corrected chi connectivity index (χ1v) is 15.4. The normalized spacial score (nSPS) is 13.0. The van der Waals surface area contributed by atoms with Crippen LogP contribution in [0.4, 0.5) is 0 Å². The molecule has 2 aromatic heterocycles. The van der Waals surface area contributed by atoms with Gasteiger partial charge < -0.3 is 19.1 Å². The van der Waals surface area contributed by atoms with Gasteiger partial charge in [0.2, 0.25) is 0 Å². The number of fused-ring (bicyclic) bond motifs is 4. The second kappa shape index (κ2) is 12.2. The van der Waals surface area contributed by atoms with Gasteiger partial charge in [0.15, 0.2) is 11.0 Å². The molecule has 3 aromatic carbocycles. The summed E-state index contributed by atoms with van der Waals surface area (Å²) in [5.41, 5.74) is 3.79. The lowest BCUT2D eigenvalue weighted by molar-refractivity contribution is -0.777. The lowest BCUT2D eigenvalue weighted by Crippen LogP contribution is -2.37. The summed E-state index contributed by atoms with van der Waals surface area (Å²) in [4.78, 5) is 0. The number of imidazole rings is 1. The molecule has 0 N–H and O–H groups in total. The van der Waals surface area contributed by atoms with Crippen molar-refractivity contribution in [3.05, 3.63) is 72.6 Å². The Bertz CT molecular complexity index is 1730. The maximum Gasteiger partial charge on any atom is 0.254 e. The number of aryl methyl sites for hydroxylation is 1. The number of hydrogen-bond donors (Lipinski definition) is 0. The van der Waals surface area contributed by atoms with Gasteiger partial charge in [0.25, 0.3) is 5.82 Å². The first kappa shape index (κ1) is 28.4. The van der Waals surface area contributed by atoms with E-state index >= 15 is 0 Å². The molecule has 0 spiro atoms. The molecular weight excluding hydrogens is 554 g/mol. The van der Waals surface area contributed by atoms with Crippen LogP contribution in [0.15, 0.2) is 66.7 Å². The maximum absolute atomic E-state index is 11.3. The Hall–Kier alpha value is -3.13. The second-order valence-electron chi connectivity index (χ2n) is 9.47. The van der Waals surface area contributed by atoms with Crippen molar-refractivity contribution in [2.45, 2.75) is 45.2 Å². The molecule has 0 amide bonds. The van der Waals surface area contributed by atoms with Gasteiger partial charge in [0, 0.05) is 29.5 Å². The van der Waals surface area contributed by atoms with Crippen molar-refractivity contribution in [3.8, 4) is 5.75 Å². The summed E-state index contributed by atoms with van der Waals surface area (Å²) in [6, 6.07) is 21.9. The zero-order chi connectivity index (χ0) is 28.3. The Morgan fingerprint density at radius 3 is 2.48 bits per heavy atom. The Morgan fingerprint density at radius 1 is 1.00 bits per heavy atom. The minimum absolute atomic E-state index is 0.195. The smallest absolute Gasteiger partial charge is 0.254 e. The van der Waals surface area contributed by atoms with Gasteiger partial charge in [-0.05, 0) is 37.1 Å². The molecule has 0 fully saturated rings. The standard InChI is InChI=1S/C28H31N3O7S2/c1-3-28(39-38-37-32)31-24-13-8-7-12-22(24)23-18-26-27(19-25(23)31)29(14-9-17-40(33,34)35)20(2)30(26)15-16-36-21-10-5-4-6-11-21/h4-8,10-13,18-19,28H,3,9,14-17H2,1-2H3,(H-,32,33,34,35)/p-1. The van der Waals surface area contributed by atoms with Crippen LogP contribution in [0, 0.1) is 6.92 Å². The molecule has 212 valence electrons. The average Bonchev–Trinajstić information content (AvgIpc) is 3.39. The van der Waals surface area contributed by atoms with Gasteiger partial charge >= 0.3 is 0 Å². The molecule has 12 heteroatoms. The van der Waals surface area contributed by atoms with Crippen LogP contribution in [0.25, 0.3) is 32.8 Å². The molecule has 1 unspecified atom stereocenters. The molecule has 0 aliphatic rings. The number of nitrogens with zero attached hydrogens (tertiary/aromatic N) is 3. The zero-order valence-electron chi connectivity index (χ0n) is 22.2. The molecule has 40 heavy (non-hydrogen) atoms. The molecule has 5 rings (SSSR count). The summed E-state index contributed by atoms with van der Waals surface area (Å²) in [5, 5.41) is 16.1. The maximum atomic E-state index is 11.3. The van der Waals surface area contributed by atoms with Crippen molar-refractivity contribution in [1.82, 2.24) is 9.13 Å². The second-order valence-corrected chi connectivity index (χ2v) is 11.9. The molecule has 0 aliphatic heterocycles. The number of hydrogen-bond acceptors (Lipinski definition) is 8. The van der Waals surface area contributed by atoms with E-state index in [4.69, 9.17) is 9.07 Å². The van der Waals surface area contributed by atoms with E-state index in [0.717, 1.165) is 56.5 Å². The lowest BCUT2D eigenvalue weighted by Gasteiger charge is -2.18. The predicted octanol–water partition coefficient (Wildman–Crippen LogP) is 4.14. The Morgan fingerprint density at radius 2 is 1.75 bits per heavy atom. The topological polar surface area (TPSA) is 122 Å². The summed E-state index contributed by atoms with van der Waals surface area (Å²) < 4.78 is 51.1. The minimum atomic E-state index is -4.33. The van der Waals surface area contributed by atoms with Crippen molar-refractivity contribution in [3.63, 3.8) is 0 Å². The summed E-state index contributed by atoms with van der Waals surface area (Å²) in [7, 11) is -4.33. The molecule has 0 aliphatic carbocycles. The number of ether oxygens (including phenoxy) is 1. The van der Waals surface area contributed by atoms with Gasteiger partial charge in [-0.3, -0.25) is 5.04 Å². The zero-order valence-corrected chi connectivity index (χ0v) is 23.8. The van der Waals surface area contributed by atoms with Crippen LogP contribution in [0.3, 0.4) is 0 Å². The molecule has 1 atom stereocenters. The minimum Gasteiger partial charge on any atom is -0.748 e. The highest BCUT2D eigenvalue weighted by Gasteiger charge is 2.26. The van der Waals surface area contributed by atoms with E-state index in [1.54, 1.807) is 0 Å². The number of rotatable bonds is 13. The van der Waals surface area contributed by atoms with Crippen LogP contribution in [-0.2, 0) is 32.6 Å². The van der Waals surface area contributed by atoms with Crippen LogP contribution in [0.5, 0.6) is 5.75 Å². The van der Waals surface area contributed by atoms with Gasteiger partial charge in [0.05, 0.1) is 39.7 Å². The molecule has 0 radical (unpaired) electrons. The molecule has 0 bridgehead atoms. The fourth-order valence-corrected chi connectivity index (χ4v) is 6.40. The van der Waals surface area contributed by atoms with Crippen molar-refractivity contribution in [2.24, 2.45) is 0 Å². The Labute approximate surface area is 236 Å². The SMILES string of the molecule is CCC(SOO[O-])n1c2ccccc2c2cc3c(cc21)[n+](CCCS(=O)(=O)[O-])c(C)n3CCOc1ccccc1. The van der Waals surface area contributed by atoms with Gasteiger partial charge in [0.1, 0.15) is 24.3 Å². The van der Waals surface area contributed by atoms with E-state index in [1.165, 1.54) is 0 Å². The van der Waals surface area contributed by atoms with Crippen molar-refractivity contribution < 1.29 is 36.9 Å². The van der Waals surface area contributed by atoms with Crippen LogP contribution in [0.1, 0.15) is 31.0 Å². The van der Waals surface area contributed by atoms with Crippen molar-refractivity contribution in [2.75, 3.05) is 12.4 Å². The third-order valence-corrected chi connectivity index (χ3v) is 8.78. The van der Waals surface area contributed by atoms with Crippen LogP contribution < -0.4 is 14.6 Å². The van der Waals surface area contributed by atoms with E-state index in [0.29, 0.717) is 26.1 Å². The molecule has 2 heterocycles. The molecule has 10 nitrogen and oxygen atoms in total. The highest BCUT2D eigenvalue weighted by atomic mass is 32.2. The average molecular weight is 585 g/mol. The van der Waals surface area contributed by atoms with E-state index in [1.807, 2.05) is 62.4 Å². The molecule has 0 saturated carbocycles. The quantitative estimate of drug-likeness (QED) is 0.0666. The number of aromatic nitrogens is 3. The van der Waals surface area contributed by atoms with Crippen molar-refractivity contribution in [1.29, 1.82) is 0 Å². The summed E-state index contributed by atoms with van der Waals surface area (Å²) in [6.07, 6.45) is 0.859. The van der Waals surface area contributed by atoms with Crippen LogP contribution in [0.2, 0.25) is 0 Å². The fourth-order valence-electron chi connectivity index (χ4n) is 5.35. The molecular formula is C28H30N3O7S2-. The van der Waals surface area contributed by atoms with Gasteiger partial charge in [-0.2, -0.15) is 4.33 Å². The monoisotopic (exact) mass is 584 g/mol. The summed E-state index contributed by atoms with van der Waals surface area (Å²) in [6.45, 7) is 5.35. The van der Waals surface area contributed by atoms with Gasteiger partial charge in [-0.15, -0.1) is 0 Å². The van der Waals surface area contributed by atoms with E-state index in [2.05, 4.69) is 36.9 Å². The predicted molar refractivity (Wildman–Crippen MR) is 150 cm³/mol. The molecule has 5 aromatic rings. The summed E-state index contributed by atoms with van der Waals surface area (Å²) in [5.74, 6) is 1.26. The van der Waals surface area contributed by atoms with Crippen molar-refractivity contribution >= 4 is 55.0 Å². The van der Waals surface area contributed by atoms with E-state index in [-0.39, 0.29) is 11.8 Å². The fraction of sp³-hybridized carbons (Fsp3) is 0.321. The highest BCUT2D eigenvalue weighted by molar-refractivity contribution is 7.94. The molecule has 0 saturated heterocycles. The van der Waals surface area contributed by atoms with Gasteiger partial charge in [-0.1, -0.05) is 43.3 Å². The first-order valence-electron chi connectivity index (χ1n) is 13.0. The van der Waals surface area contributed by atoms with Crippen LogP contribution >= 0.6 is 12.0 Å². The van der Waals surface area contributed by atoms with E-state index in [9.17, 15) is 18.2 Å². The Kier molecular flexibility index (Phi) is 8.64. The summed E-state index contributed by atoms with van der Waals surface area (Å²) >= 11 is 0.951. The largest absolute Gasteiger partial charge is 0.748 e. The highest BCUT2D eigenvalue weighted by Crippen LogP contribution is 2.39.